The summed E-state index contributed by atoms with van der Waals surface area (Å²) in [6, 6.07) is 0. The minimum Gasteiger partial charge on any atom is -0.412 e. The summed E-state index contributed by atoms with van der Waals surface area (Å²) in [6.45, 7) is 0. The largest absolute Gasteiger partial charge is 0.412 e. The zero-order valence-electron chi connectivity index (χ0n) is 2.50. The maximum Gasteiger partial charge on any atom is 0 e. The summed E-state index contributed by atoms with van der Waals surface area (Å²) >= 11 is 0. The molecule has 0 saturated carbocycles. The van der Waals surface area contributed by atoms with E-state index in [0.717, 1.165) is 0 Å². The summed E-state index contributed by atoms with van der Waals surface area (Å²) in [5.41, 5.74) is 0. The van der Waals surface area contributed by atoms with Crippen LogP contribution in [0.15, 0.2) is 0 Å². The van der Waals surface area contributed by atoms with Gasteiger partial charge in [0.2, 0.25) is 0 Å². The van der Waals surface area contributed by atoms with Crippen LogP contribution in [0.5, 0.6) is 0 Å². The third kappa shape index (κ3) is 36.5. The smallest absolute Gasteiger partial charge is 0 e. The van der Waals surface area contributed by atoms with Gasteiger partial charge < -0.3 is 21.9 Å². The zero-order valence-corrected chi connectivity index (χ0v) is 5.64. The van der Waals surface area contributed by atoms with Crippen LogP contribution in [-0.2, 0) is 0 Å². The van der Waals surface area contributed by atoms with Crippen LogP contribution >= 0.6 is 0 Å². The van der Waals surface area contributed by atoms with Crippen LogP contribution < -0.4 is 0 Å². The maximum absolute atomic E-state index is 0. The third-order valence-electron chi connectivity index (χ3n) is 0. The van der Waals surface area contributed by atoms with Crippen molar-refractivity contribution >= 4 is 0 Å². The van der Waals surface area contributed by atoms with Gasteiger partial charge in [0.05, 0.1) is 0 Å². The van der Waals surface area contributed by atoms with E-state index in [1.807, 2.05) is 0 Å². The Kier molecular flexibility index (Phi) is 1430. The van der Waals surface area contributed by atoms with Crippen molar-refractivity contribution in [3.05, 3.63) is 0 Å². The molecule has 0 radical (unpaired) electrons. The van der Waals surface area contributed by atoms with Crippen molar-refractivity contribution in [1.29, 1.82) is 0 Å². The van der Waals surface area contributed by atoms with Gasteiger partial charge in [-0.25, -0.2) is 0 Å². The van der Waals surface area contributed by atoms with E-state index >= 15 is 0 Å². The molecule has 0 bridgehead atoms. The van der Waals surface area contributed by atoms with E-state index in [-0.39, 0.29) is 63.7 Å². The van der Waals surface area contributed by atoms with E-state index in [4.69, 9.17) is 0 Å². The molecule has 0 saturated heterocycles. The number of rotatable bonds is 0. The molecule has 4 nitrogen and oxygen atoms in total. The second-order valence-electron chi connectivity index (χ2n) is 0. The molecule has 5 heteroatoms. The summed E-state index contributed by atoms with van der Waals surface area (Å²) in [6.07, 6.45) is 0. The van der Waals surface area contributed by atoms with E-state index in [0.29, 0.717) is 0 Å². The van der Waals surface area contributed by atoms with Crippen LogP contribution in [0.2, 0.25) is 0 Å². The fourth-order valence-corrected chi connectivity index (χ4v) is 0. The molecule has 0 aliphatic carbocycles. The molecule has 0 rings (SSSR count). The Morgan fingerprint density at radius 3 is 0.400 bits per heavy atom. The first kappa shape index (κ1) is 114. The molecule has 0 amide bonds. The Labute approximate surface area is 63.2 Å². The van der Waals surface area contributed by atoms with Crippen LogP contribution in [0.1, 0.15) is 0 Å². The Bertz CT molecular complexity index is 3.61. The van der Waals surface area contributed by atoms with Crippen molar-refractivity contribution in [2.75, 3.05) is 0 Å². The Balaban J connectivity index is 0. The molecule has 5 heavy (non-hydrogen) atoms. The Hall–Kier alpha value is 1.22. The first-order chi connectivity index (χ1) is 0. The average molecular weight is 212 g/mol. The molecule has 36 valence electrons. The first-order valence-corrected chi connectivity index (χ1v) is 0. The predicted molar refractivity (Wildman–Crippen MR) is 14.5 cm³/mol. The van der Waals surface area contributed by atoms with E-state index in [1.165, 1.54) is 0 Å². The van der Waals surface area contributed by atoms with Gasteiger partial charge in [0, 0.05) is 41.7 Å². The van der Waals surface area contributed by atoms with Crippen LogP contribution in [-0.4, -0.2) is 21.9 Å². The van der Waals surface area contributed by atoms with Gasteiger partial charge in [-0.1, -0.05) is 0 Å². The van der Waals surface area contributed by atoms with E-state index < -0.39 is 0 Å². The van der Waals surface area contributed by atoms with Crippen molar-refractivity contribution in [3.63, 3.8) is 0 Å². The minimum absolute atomic E-state index is 0. The van der Waals surface area contributed by atoms with Gasteiger partial charge >= 0.3 is 0 Å². The van der Waals surface area contributed by atoms with Crippen molar-refractivity contribution in [3.8, 4) is 0 Å². The molecular formula is H8CeO4. The third-order valence-corrected chi connectivity index (χ3v) is 0. The van der Waals surface area contributed by atoms with Crippen molar-refractivity contribution in [2.45, 2.75) is 0 Å². The zero-order chi connectivity index (χ0) is 0. The SMILES string of the molecule is O.O.O.O.[Ce]. The number of hydrogen-bond acceptors (Lipinski definition) is 0. The van der Waals surface area contributed by atoms with Gasteiger partial charge in [0.1, 0.15) is 0 Å². The van der Waals surface area contributed by atoms with Gasteiger partial charge in [-0.05, 0) is 0 Å². The molecule has 0 aromatic heterocycles. The fourth-order valence-electron chi connectivity index (χ4n) is 0. The molecule has 0 aliphatic heterocycles. The first-order valence-electron chi connectivity index (χ1n) is 0. The maximum atomic E-state index is 0. The predicted octanol–water partition coefficient (Wildman–Crippen LogP) is -3.30. The van der Waals surface area contributed by atoms with Crippen LogP contribution in [0.4, 0.5) is 0 Å². The summed E-state index contributed by atoms with van der Waals surface area (Å²) in [4.78, 5) is 0. The second-order valence-corrected chi connectivity index (χ2v) is 0. The van der Waals surface area contributed by atoms with Crippen molar-refractivity contribution < 1.29 is 63.7 Å². The summed E-state index contributed by atoms with van der Waals surface area (Å²) in [5, 5.41) is 0. The molecule has 8 N–H and O–H groups in total. The average Bonchev–Trinajstić information content (AvgIpc) is 0. The molecule has 0 unspecified atom stereocenters. The van der Waals surface area contributed by atoms with Crippen LogP contribution in [0, 0.1) is 41.7 Å². The molecular weight excluding hydrogens is 204 g/mol. The topological polar surface area (TPSA) is 126 Å². The van der Waals surface area contributed by atoms with E-state index in [2.05, 4.69) is 0 Å². The Morgan fingerprint density at radius 2 is 0.400 bits per heavy atom. The van der Waals surface area contributed by atoms with Crippen LogP contribution in [0.25, 0.3) is 0 Å². The second kappa shape index (κ2) is 62.7. The molecule has 0 heterocycles. The molecule has 0 aromatic carbocycles. The number of hydrogen-bond donors (Lipinski definition) is 0. The molecule has 0 aromatic rings. The van der Waals surface area contributed by atoms with Gasteiger partial charge in [0.25, 0.3) is 0 Å². The van der Waals surface area contributed by atoms with Gasteiger partial charge in [-0.2, -0.15) is 0 Å². The van der Waals surface area contributed by atoms with Crippen molar-refractivity contribution in [2.24, 2.45) is 0 Å². The standard InChI is InChI=1S/Ce.4H2O/h;4*1H2. The molecule has 0 fully saturated rings. The Morgan fingerprint density at radius 1 is 0.400 bits per heavy atom. The van der Waals surface area contributed by atoms with E-state index in [1.54, 1.807) is 0 Å². The minimum atomic E-state index is 0. The normalized spacial score (nSPS) is 0. The quantitative estimate of drug-likeness (QED) is 0.399. The molecule has 0 atom stereocenters. The monoisotopic (exact) mass is 212 g/mol. The van der Waals surface area contributed by atoms with Crippen LogP contribution in [0.3, 0.4) is 0 Å². The van der Waals surface area contributed by atoms with E-state index in [9.17, 15) is 0 Å². The van der Waals surface area contributed by atoms with Gasteiger partial charge in [-0.15, -0.1) is 0 Å². The summed E-state index contributed by atoms with van der Waals surface area (Å²) in [5.74, 6) is 0. The van der Waals surface area contributed by atoms with Gasteiger partial charge in [-0.3, -0.25) is 0 Å². The molecule has 0 spiro atoms. The summed E-state index contributed by atoms with van der Waals surface area (Å²) < 4.78 is 0. The summed E-state index contributed by atoms with van der Waals surface area (Å²) in [7, 11) is 0. The van der Waals surface area contributed by atoms with Crippen molar-refractivity contribution in [1.82, 2.24) is 0 Å². The molecule has 0 aliphatic rings. The van der Waals surface area contributed by atoms with Gasteiger partial charge in [0.15, 0.2) is 0 Å². The fraction of sp³-hybridized carbons (Fsp3) is 0.